The third kappa shape index (κ3) is 3.98. The number of hydrogen-bond acceptors (Lipinski definition) is 5. The maximum absolute atomic E-state index is 12.6. The fourth-order valence-corrected chi connectivity index (χ4v) is 4.89. The van der Waals surface area contributed by atoms with Crippen molar-refractivity contribution in [2.24, 2.45) is 5.92 Å². The molecule has 0 aromatic carbocycles. The van der Waals surface area contributed by atoms with Gasteiger partial charge >= 0.3 is 5.69 Å². The van der Waals surface area contributed by atoms with Gasteiger partial charge < -0.3 is 9.32 Å². The number of thioether (sulfide) groups is 1. The maximum Gasteiger partial charge on any atom is 0.349 e. The topological polar surface area (TPSA) is 68.3 Å². The summed E-state index contributed by atoms with van der Waals surface area (Å²) in [7, 11) is 0. The van der Waals surface area contributed by atoms with Crippen LogP contribution in [0.4, 0.5) is 0 Å². The molecule has 2 aromatic rings. The summed E-state index contributed by atoms with van der Waals surface area (Å²) < 4.78 is 7.11. The molecule has 3 heterocycles. The van der Waals surface area contributed by atoms with Crippen molar-refractivity contribution in [3.63, 3.8) is 0 Å². The van der Waals surface area contributed by atoms with Crippen molar-refractivity contribution in [3.05, 3.63) is 45.9 Å². The monoisotopic (exact) mass is 387 g/mol. The number of piperidine rings is 1. The second-order valence-corrected chi connectivity index (χ2v) is 8.46. The minimum atomic E-state index is -0.256. The molecule has 0 bridgehead atoms. The van der Waals surface area contributed by atoms with Gasteiger partial charge in [0.05, 0.1) is 18.6 Å². The third-order valence-corrected chi connectivity index (χ3v) is 6.57. The summed E-state index contributed by atoms with van der Waals surface area (Å²) in [5.74, 6) is 1.96. The van der Waals surface area contributed by atoms with Crippen LogP contribution in [0, 0.1) is 5.92 Å². The second kappa shape index (κ2) is 7.92. The molecule has 6 nitrogen and oxygen atoms in total. The Morgan fingerprint density at radius 1 is 1.33 bits per heavy atom. The fraction of sp³-hybridized carbons (Fsp3) is 0.550. The smallest absolute Gasteiger partial charge is 0.349 e. The maximum atomic E-state index is 12.6. The van der Waals surface area contributed by atoms with Crippen LogP contribution < -0.4 is 5.69 Å². The Bertz CT molecular complexity index is 867. The fourth-order valence-electron chi connectivity index (χ4n) is 3.91. The van der Waals surface area contributed by atoms with Gasteiger partial charge in [0.25, 0.3) is 0 Å². The zero-order valence-corrected chi connectivity index (χ0v) is 16.5. The summed E-state index contributed by atoms with van der Waals surface area (Å²) in [6.07, 6.45) is 6.58. The van der Waals surface area contributed by atoms with Crippen molar-refractivity contribution in [3.8, 4) is 0 Å². The largest absolute Gasteiger partial charge is 0.467 e. The highest BCUT2D eigenvalue weighted by atomic mass is 32.2. The highest BCUT2D eigenvalue weighted by Gasteiger charge is 2.25. The molecule has 1 amide bonds. The Kier molecular flexibility index (Phi) is 5.38. The standard InChI is InChI=1S/C20H25N3O3S/c1-14-7-9-22(10-8-14)18(24)13-27-19-16-5-2-6-17(16)23(20(25)21-19)12-15-4-3-11-26-15/h3-4,11,14H,2,5-10,12-13H2,1H3. The van der Waals surface area contributed by atoms with Crippen molar-refractivity contribution in [1.82, 2.24) is 14.5 Å². The predicted octanol–water partition coefficient (Wildman–Crippen LogP) is 2.72. The first-order chi connectivity index (χ1) is 13.1. The van der Waals surface area contributed by atoms with Crippen molar-refractivity contribution in [2.45, 2.75) is 50.6 Å². The van der Waals surface area contributed by atoms with E-state index in [0.29, 0.717) is 18.2 Å². The highest BCUT2D eigenvalue weighted by molar-refractivity contribution is 7.99. The normalized spacial score (nSPS) is 17.3. The Balaban J connectivity index is 1.49. The molecule has 0 radical (unpaired) electrons. The number of furan rings is 1. The molecule has 0 unspecified atom stereocenters. The zero-order valence-electron chi connectivity index (χ0n) is 15.6. The number of amides is 1. The van der Waals surface area contributed by atoms with Crippen LogP contribution in [0.25, 0.3) is 0 Å². The predicted molar refractivity (Wildman–Crippen MR) is 104 cm³/mol. The van der Waals surface area contributed by atoms with Crippen LogP contribution >= 0.6 is 11.8 Å². The summed E-state index contributed by atoms with van der Waals surface area (Å²) in [5.41, 5.74) is 1.92. The number of rotatable bonds is 5. The van der Waals surface area contributed by atoms with Crippen LogP contribution in [-0.4, -0.2) is 39.2 Å². The first-order valence-corrected chi connectivity index (χ1v) is 10.7. The van der Waals surface area contributed by atoms with E-state index in [1.165, 1.54) is 11.8 Å². The van der Waals surface area contributed by atoms with Crippen LogP contribution in [0.15, 0.2) is 32.6 Å². The second-order valence-electron chi connectivity index (χ2n) is 7.50. The van der Waals surface area contributed by atoms with Crippen LogP contribution in [-0.2, 0) is 24.2 Å². The molecule has 27 heavy (non-hydrogen) atoms. The lowest BCUT2D eigenvalue weighted by molar-refractivity contribution is -0.129. The molecular weight excluding hydrogens is 362 g/mol. The summed E-state index contributed by atoms with van der Waals surface area (Å²) in [6, 6.07) is 3.69. The number of carbonyl (C=O) groups is 1. The Morgan fingerprint density at radius 2 is 2.15 bits per heavy atom. The minimum absolute atomic E-state index is 0.153. The molecule has 1 aliphatic carbocycles. The van der Waals surface area contributed by atoms with E-state index in [-0.39, 0.29) is 11.6 Å². The van der Waals surface area contributed by atoms with Gasteiger partial charge in [0.2, 0.25) is 5.91 Å². The summed E-state index contributed by atoms with van der Waals surface area (Å²) in [4.78, 5) is 31.4. The quantitative estimate of drug-likeness (QED) is 0.583. The van der Waals surface area contributed by atoms with Gasteiger partial charge in [-0.25, -0.2) is 4.79 Å². The van der Waals surface area contributed by atoms with Gasteiger partial charge in [-0.05, 0) is 50.2 Å². The van der Waals surface area contributed by atoms with Gasteiger partial charge in [0, 0.05) is 24.3 Å². The first kappa shape index (κ1) is 18.3. The average Bonchev–Trinajstić information content (AvgIpc) is 3.34. The lowest BCUT2D eigenvalue weighted by atomic mass is 9.99. The average molecular weight is 388 g/mol. The van der Waals surface area contributed by atoms with Gasteiger partial charge in [-0.2, -0.15) is 4.98 Å². The highest BCUT2D eigenvalue weighted by Crippen LogP contribution is 2.30. The molecule has 2 aliphatic rings. The van der Waals surface area contributed by atoms with Gasteiger partial charge in [-0.3, -0.25) is 9.36 Å². The minimum Gasteiger partial charge on any atom is -0.467 e. The van der Waals surface area contributed by atoms with E-state index in [4.69, 9.17) is 4.42 Å². The molecule has 0 spiro atoms. The van der Waals surface area contributed by atoms with E-state index in [9.17, 15) is 9.59 Å². The number of carbonyl (C=O) groups excluding carboxylic acids is 1. The molecule has 0 saturated carbocycles. The molecule has 4 rings (SSSR count). The molecular formula is C20H25N3O3S. The van der Waals surface area contributed by atoms with E-state index >= 15 is 0 Å². The molecule has 7 heteroatoms. The van der Waals surface area contributed by atoms with Crippen molar-refractivity contribution in [2.75, 3.05) is 18.8 Å². The van der Waals surface area contributed by atoms with E-state index in [0.717, 1.165) is 67.2 Å². The van der Waals surface area contributed by atoms with Crippen molar-refractivity contribution in [1.29, 1.82) is 0 Å². The van der Waals surface area contributed by atoms with Crippen molar-refractivity contribution < 1.29 is 9.21 Å². The molecule has 1 saturated heterocycles. The molecule has 0 N–H and O–H groups in total. The summed E-state index contributed by atoms with van der Waals surface area (Å²) in [5, 5.41) is 0.738. The Labute approximate surface area is 163 Å². The molecule has 1 fully saturated rings. The number of likely N-dealkylation sites (tertiary alicyclic amines) is 1. The first-order valence-electron chi connectivity index (χ1n) is 9.67. The summed E-state index contributed by atoms with van der Waals surface area (Å²) in [6.45, 7) is 4.34. The number of nitrogens with zero attached hydrogens (tertiary/aromatic N) is 3. The third-order valence-electron chi connectivity index (χ3n) is 5.56. The molecule has 2 aromatic heterocycles. The van der Waals surface area contributed by atoms with E-state index in [1.54, 1.807) is 10.8 Å². The number of fused-ring (bicyclic) bond motifs is 1. The Morgan fingerprint density at radius 3 is 2.89 bits per heavy atom. The SMILES string of the molecule is CC1CCN(C(=O)CSc2nc(=O)n(Cc3ccco3)c3c2CCC3)CC1. The van der Waals surface area contributed by atoms with Gasteiger partial charge in [0.15, 0.2) is 0 Å². The van der Waals surface area contributed by atoms with E-state index in [2.05, 4.69) is 11.9 Å². The van der Waals surface area contributed by atoms with Crippen LogP contribution in [0.2, 0.25) is 0 Å². The lowest BCUT2D eigenvalue weighted by Gasteiger charge is -2.30. The molecule has 0 atom stereocenters. The lowest BCUT2D eigenvalue weighted by Crippen LogP contribution is -2.39. The van der Waals surface area contributed by atoms with Gasteiger partial charge in [-0.1, -0.05) is 18.7 Å². The van der Waals surface area contributed by atoms with Gasteiger partial charge in [-0.15, -0.1) is 0 Å². The van der Waals surface area contributed by atoms with Gasteiger partial charge in [0.1, 0.15) is 10.8 Å². The van der Waals surface area contributed by atoms with Crippen molar-refractivity contribution >= 4 is 17.7 Å². The van der Waals surface area contributed by atoms with E-state index in [1.807, 2.05) is 17.0 Å². The zero-order chi connectivity index (χ0) is 18.8. The summed E-state index contributed by atoms with van der Waals surface area (Å²) >= 11 is 1.42. The Hall–Kier alpha value is -2.02. The van der Waals surface area contributed by atoms with Crippen LogP contribution in [0.1, 0.15) is 43.2 Å². The van der Waals surface area contributed by atoms with E-state index < -0.39 is 0 Å². The van der Waals surface area contributed by atoms with Crippen LogP contribution in [0.3, 0.4) is 0 Å². The number of aromatic nitrogens is 2. The van der Waals surface area contributed by atoms with Crippen LogP contribution in [0.5, 0.6) is 0 Å². The number of hydrogen-bond donors (Lipinski definition) is 0. The molecule has 1 aliphatic heterocycles. The molecule has 144 valence electrons.